The number of benzene rings is 5. The molecule has 206 valence electrons. The Labute approximate surface area is 243 Å². The van der Waals surface area contributed by atoms with Crippen LogP contribution < -0.4 is 15.4 Å². The maximum absolute atomic E-state index is 13.5. The summed E-state index contributed by atoms with van der Waals surface area (Å²) in [6, 6.07) is 34.0. The van der Waals surface area contributed by atoms with Gasteiger partial charge >= 0.3 is 5.97 Å². The molecule has 1 amide bonds. The summed E-state index contributed by atoms with van der Waals surface area (Å²) in [6.45, 7) is 4.21. The van der Waals surface area contributed by atoms with E-state index < -0.39 is 11.6 Å². The van der Waals surface area contributed by atoms with E-state index in [1.165, 1.54) is 11.1 Å². The third kappa shape index (κ3) is 4.03. The van der Waals surface area contributed by atoms with Crippen molar-refractivity contribution in [3.8, 4) is 11.5 Å². The van der Waals surface area contributed by atoms with Crippen LogP contribution >= 0.6 is 0 Å². The molecule has 1 unspecified atom stereocenters. The molecule has 0 fully saturated rings. The molecule has 0 saturated carbocycles. The zero-order valence-electron chi connectivity index (χ0n) is 23.2. The van der Waals surface area contributed by atoms with E-state index in [1.807, 2.05) is 66.7 Å². The van der Waals surface area contributed by atoms with Crippen LogP contribution in [0.15, 0.2) is 109 Å². The van der Waals surface area contributed by atoms with Crippen molar-refractivity contribution in [1.82, 2.24) is 0 Å². The van der Waals surface area contributed by atoms with Gasteiger partial charge in [-0.3, -0.25) is 4.79 Å². The highest BCUT2D eigenvalue weighted by molar-refractivity contribution is 6.04. The quantitative estimate of drug-likeness (QED) is 0.215. The number of rotatable bonds is 5. The van der Waals surface area contributed by atoms with Gasteiger partial charge in [-0.1, -0.05) is 67.1 Å². The first-order valence-electron chi connectivity index (χ1n) is 14.0. The van der Waals surface area contributed by atoms with Crippen LogP contribution in [0.2, 0.25) is 0 Å². The Hall–Kier alpha value is -5.36. The number of esters is 1. The second-order valence-corrected chi connectivity index (χ2v) is 10.6. The number of carbonyl (C=O) groups is 2. The zero-order chi connectivity index (χ0) is 28.8. The van der Waals surface area contributed by atoms with Gasteiger partial charge in [0.1, 0.15) is 11.5 Å². The molecule has 1 spiro atoms. The minimum absolute atomic E-state index is 0.237. The highest BCUT2D eigenvalue weighted by Gasteiger charge is 2.54. The molecule has 42 heavy (non-hydrogen) atoms. The van der Waals surface area contributed by atoms with Crippen LogP contribution in [-0.4, -0.2) is 11.9 Å². The topological polar surface area (TPSA) is 76.7 Å². The second-order valence-electron chi connectivity index (χ2n) is 10.6. The Morgan fingerprint density at radius 3 is 2.43 bits per heavy atom. The fourth-order valence-electron chi connectivity index (χ4n) is 5.99. The maximum atomic E-state index is 13.5. The molecule has 5 aromatic rings. The molecule has 0 bridgehead atoms. The molecule has 0 radical (unpaired) electrons. The minimum Gasteiger partial charge on any atom is -0.456 e. The van der Waals surface area contributed by atoms with E-state index in [0.717, 1.165) is 23.4 Å². The highest BCUT2D eigenvalue weighted by atomic mass is 16.6. The van der Waals surface area contributed by atoms with Crippen molar-refractivity contribution >= 4 is 28.9 Å². The normalized spacial score (nSPS) is 16.1. The van der Waals surface area contributed by atoms with E-state index in [0.29, 0.717) is 39.4 Å². The van der Waals surface area contributed by atoms with Gasteiger partial charge in [-0.05, 0) is 73.5 Å². The van der Waals surface area contributed by atoms with Crippen LogP contribution in [0.1, 0.15) is 55.5 Å². The van der Waals surface area contributed by atoms with E-state index in [9.17, 15) is 9.59 Å². The fraction of sp³-hybridized carbons (Fsp3) is 0.111. The van der Waals surface area contributed by atoms with E-state index >= 15 is 0 Å². The van der Waals surface area contributed by atoms with Crippen LogP contribution in [-0.2, 0) is 16.8 Å². The van der Waals surface area contributed by atoms with Gasteiger partial charge in [0.25, 0.3) is 5.91 Å². The molecule has 6 nitrogen and oxygen atoms in total. The summed E-state index contributed by atoms with van der Waals surface area (Å²) in [7, 11) is 0. The second kappa shape index (κ2) is 9.93. The Bertz CT molecular complexity index is 1880. The zero-order valence-corrected chi connectivity index (χ0v) is 23.2. The number of aryl methyl sites for hydroxylation is 2. The molecular formula is C36H28N2O4. The summed E-state index contributed by atoms with van der Waals surface area (Å²) in [6.07, 6.45) is 0.853. The molecule has 2 aliphatic rings. The number of amides is 1. The van der Waals surface area contributed by atoms with Crippen molar-refractivity contribution in [2.45, 2.75) is 25.9 Å². The number of carbonyl (C=O) groups excluding carboxylic acids is 2. The Morgan fingerprint density at radius 2 is 1.60 bits per heavy atom. The lowest BCUT2D eigenvalue weighted by Gasteiger charge is -2.38. The minimum atomic E-state index is -1.30. The van der Waals surface area contributed by atoms with Crippen molar-refractivity contribution < 1.29 is 19.1 Å². The average Bonchev–Trinajstić information content (AvgIpc) is 3.31. The predicted octanol–water partition coefficient (Wildman–Crippen LogP) is 8.12. The largest absolute Gasteiger partial charge is 0.456 e. The van der Waals surface area contributed by atoms with E-state index in [1.54, 1.807) is 24.3 Å². The molecule has 6 heteroatoms. The molecule has 2 heterocycles. The van der Waals surface area contributed by atoms with Gasteiger partial charge in [0.15, 0.2) is 5.60 Å². The molecule has 5 aromatic carbocycles. The lowest BCUT2D eigenvalue weighted by Crippen LogP contribution is -2.34. The van der Waals surface area contributed by atoms with Crippen LogP contribution in [0.4, 0.5) is 17.1 Å². The lowest BCUT2D eigenvalue weighted by atomic mass is 9.76. The summed E-state index contributed by atoms with van der Waals surface area (Å²) in [5.41, 5.74) is 6.45. The Balaban J connectivity index is 1.42. The Morgan fingerprint density at radius 1 is 0.786 bits per heavy atom. The van der Waals surface area contributed by atoms with Gasteiger partial charge < -0.3 is 20.1 Å². The molecule has 2 N–H and O–H groups in total. The molecule has 2 aliphatic heterocycles. The van der Waals surface area contributed by atoms with Gasteiger partial charge in [-0.15, -0.1) is 0 Å². The first kappa shape index (κ1) is 25.6. The van der Waals surface area contributed by atoms with E-state index in [2.05, 4.69) is 42.7 Å². The first-order chi connectivity index (χ1) is 20.5. The first-order valence-corrected chi connectivity index (χ1v) is 14.0. The summed E-state index contributed by atoms with van der Waals surface area (Å²) in [5, 5.41) is 6.63. The van der Waals surface area contributed by atoms with Crippen LogP contribution in [0.5, 0.6) is 11.5 Å². The Kier molecular flexibility index (Phi) is 6.05. The summed E-state index contributed by atoms with van der Waals surface area (Å²) in [5.74, 6) is 0.483. The van der Waals surface area contributed by atoms with Crippen molar-refractivity contribution in [2.24, 2.45) is 0 Å². The third-order valence-electron chi connectivity index (χ3n) is 7.93. The number of hydrogen-bond acceptors (Lipinski definition) is 5. The van der Waals surface area contributed by atoms with Gasteiger partial charge in [-0.25, -0.2) is 4.79 Å². The summed E-state index contributed by atoms with van der Waals surface area (Å²) >= 11 is 0. The SMILES string of the molecule is CCc1cc(C)ccc1Nc1cccc2c1C1(OC(=O)c3ccccc31)c1cc(NC(=O)c3ccccc3)ccc1O2. The summed E-state index contributed by atoms with van der Waals surface area (Å²) < 4.78 is 12.9. The van der Waals surface area contributed by atoms with Crippen LogP contribution in [0.3, 0.4) is 0 Å². The maximum Gasteiger partial charge on any atom is 0.340 e. The van der Waals surface area contributed by atoms with Crippen molar-refractivity contribution in [3.63, 3.8) is 0 Å². The van der Waals surface area contributed by atoms with Crippen molar-refractivity contribution in [1.29, 1.82) is 0 Å². The van der Waals surface area contributed by atoms with Gasteiger partial charge in [0.05, 0.1) is 16.8 Å². The van der Waals surface area contributed by atoms with Crippen LogP contribution in [0, 0.1) is 6.92 Å². The van der Waals surface area contributed by atoms with E-state index in [4.69, 9.17) is 9.47 Å². The van der Waals surface area contributed by atoms with E-state index in [-0.39, 0.29) is 5.91 Å². The number of nitrogens with one attached hydrogen (secondary N) is 2. The molecule has 1 atom stereocenters. The number of anilines is 3. The monoisotopic (exact) mass is 552 g/mol. The molecule has 0 saturated heterocycles. The standard InChI is InChI=1S/C36H28N2O4/c1-3-23-20-22(2)16-18-29(23)38-30-14-9-15-32-33(30)36(27-13-8-7-12-26(27)35(40)42-36)28-21-25(17-19-31(28)41-32)37-34(39)24-10-5-4-6-11-24/h4-21,38H,3H2,1-2H3,(H,37,39). The smallest absolute Gasteiger partial charge is 0.340 e. The number of fused-ring (bicyclic) bond motifs is 6. The number of hydrogen-bond donors (Lipinski definition) is 2. The van der Waals surface area contributed by atoms with Gasteiger partial charge in [0.2, 0.25) is 0 Å². The molecule has 0 aliphatic carbocycles. The molecule has 7 rings (SSSR count). The lowest BCUT2D eigenvalue weighted by molar-refractivity contribution is 0.0227. The molecular weight excluding hydrogens is 524 g/mol. The molecule has 0 aromatic heterocycles. The number of ether oxygens (including phenoxy) is 2. The van der Waals surface area contributed by atoms with Crippen molar-refractivity contribution in [2.75, 3.05) is 10.6 Å². The third-order valence-corrected chi connectivity index (χ3v) is 7.93. The average molecular weight is 553 g/mol. The van der Waals surface area contributed by atoms with Crippen molar-refractivity contribution in [3.05, 3.63) is 148 Å². The van der Waals surface area contributed by atoms with Crippen LogP contribution in [0.25, 0.3) is 0 Å². The predicted molar refractivity (Wildman–Crippen MR) is 163 cm³/mol. The van der Waals surface area contributed by atoms with Gasteiger partial charge in [0, 0.05) is 28.1 Å². The highest BCUT2D eigenvalue weighted by Crippen LogP contribution is 2.58. The fourth-order valence-corrected chi connectivity index (χ4v) is 5.99. The summed E-state index contributed by atoms with van der Waals surface area (Å²) in [4.78, 5) is 26.5. The van der Waals surface area contributed by atoms with Gasteiger partial charge in [-0.2, -0.15) is 0 Å².